The van der Waals surface area contributed by atoms with Crippen molar-refractivity contribution in [3.63, 3.8) is 0 Å². The first-order valence-corrected chi connectivity index (χ1v) is 5.50. The van der Waals surface area contributed by atoms with Gasteiger partial charge in [0.25, 0.3) is 0 Å². The molecule has 3 rings (SSSR count). The van der Waals surface area contributed by atoms with Crippen LogP contribution in [-0.2, 0) is 6.54 Å². The highest BCUT2D eigenvalue weighted by molar-refractivity contribution is 6.29. The first kappa shape index (κ1) is 9.19. The molecule has 0 fully saturated rings. The number of nitrogens with one attached hydrogen (secondary N) is 1. The highest BCUT2D eigenvalue weighted by Gasteiger charge is 2.18. The molecule has 3 nitrogen and oxygen atoms in total. The van der Waals surface area contributed by atoms with Crippen molar-refractivity contribution in [2.45, 2.75) is 19.5 Å². The standard InChI is InChI=1S/C11H12ClN3/c1-7-5-13-6-9-4-8-2-3-10(12)14-11(8)15(7)9/h2-4,7,13H,5-6H2,1H3/t7-/m1/s1. The average molecular weight is 222 g/mol. The monoisotopic (exact) mass is 221 g/mol. The maximum Gasteiger partial charge on any atom is 0.142 e. The molecule has 0 spiro atoms. The lowest BCUT2D eigenvalue weighted by atomic mass is 10.2. The largest absolute Gasteiger partial charge is 0.324 e. The van der Waals surface area contributed by atoms with Crippen LogP contribution in [0.15, 0.2) is 18.2 Å². The van der Waals surface area contributed by atoms with Crippen molar-refractivity contribution in [2.24, 2.45) is 0 Å². The van der Waals surface area contributed by atoms with Gasteiger partial charge in [-0.05, 0) is 25.1 Å². The molecule has 4 heteroatoms. The lowest BCUT2D eigenvalue weighted by molar-refractivity contribution is 0.437. The van der Waals surface area contributed by atoms with E-state index < -0.39 is 0 Å². The topological polar surface area (TPSA) is 29.9 Å². The fourth-order valence-corrected chi connectivity index (χ4v) is 2.40. The molecule has 15 heavy (non-hydrogen) atoms. The van der Waals surface area contributed by atoms with Crippen LogP contribution >= 0.6 is 11.6 Å². The third-order valence-corrected chi connectivity index (χ3v) is 3.13. The van der Waals surface area contributed by atoms with Gasteiger partial charge in [-0.25, -0.2) is 4.98 Å². The molecule has 78 valence electrons. The SMILES string of the molecule is C[C@@H]1CNCc2cc3ccc(Cl)nc3n21. The number of fused-ring (bicyclic) bond motifs is 3. The van der Waals surface area contributed by atoms with Crippen LogP contribution in [0, 0.1) is 0 Å². The van der Waals surface area contributed by atoms with Gasteiger partial charge in [0.05, 0.1) is 0 Å². The van der Waals surface area contributed by atoms with E-state index in [0.717, 1.165) is 18.7 Å². The lowest BCUT2D eigenvalue weighted by Gasteiger charge is -2.24. The van der Waals surface area contributed by atoms with E-state index in [4.69, 9.17) is 11.6 Å². The zero-order valence-corrected chi connectivity index (χ0v) is 9.25. The smallest absolute Gasteiger partial charge is 0.142 e. The first-order valence-electron chi connectivity index (χ1n) is 5.13. The van der Waals surface area contributed by atoms with Crippen LogP contribution in [0.1, 0.15) is 18.7 Å². The number of hydrogen-bond acceptors (Lipinski definition) is 2. The molecule has 0 radical (unpaired) electrons. The van der Waals surface area contributed by atoms with E-state index in [1.807, 2.05) is 12.1 Å². The van der Waals surface area contributed by atoms with Crippen molar-refractivity contribution < 1.29 is 0 Å². The summed E-state index contributed by atoms with van der Waals surface area (Å²) in [4.78, 5) is 4.40. The highest BCUT2D eigenvalue weighted by atomic mass is 35.5. The van der Waals surface area contributed by atoms with Crippen molar-refractivity contribution in [1.82, 2.24) is 14.9 Å². The summed E-state index contributed by atoms with van der Waals surface area (Å²) in [7, 11) is 0. The van der Waals surface area contributed by atoms with Crippen molar-refractivity contribution in [2.75, 3.05) is 6.54 Å². The summed E-state index contributed by atoms with van der Waals surface area (Å²) in [6.45, 7) is 4.10. The molecule has 1 aliphatic heterocycles. The molecular formula is C11H12ClN3. The molecule has 3 heterocycles. The molecule has 2 aromatic heterocycles. The molecule has 0 amide bonds. The van der Waals surface area contributed by atoms with Gasteiger partial charge in [0.15, 0.2) is 0 Å². The van der Waals surface area contributed by atoms with Crippen molar-refractivity contribution in [1.29, 1.82) is 0 Å². The summed E-state index contributed by atoms with van der Waals surface area (Å²) in [5.41, 5.74) is 2.30. The van der Waals surface area contributed by atoms with E-state index in [2.05, 4.69) is 27.9 Å². The van der Waals surface area contributed by atoms with E-state index in [-0.39, 0.29) is 0 Å². The van der Waals surface area contributed by atoms with Crippen molar-refractivity contribution in [3.05, 3.63) is 29.0 Å². The van der Waals surface area contributed by atoms with Gasteiger partial charge in [-0.1, -0.05) is 11.6 Å². The molecule has 1 atom stereocenters. The normalized spacial score (nSPS) is 20.5. The van der Waals surface area contributed by atoms with Crippen LogP contribution in [0.3, 0.4) is 0 Å². The maximum atomic E-state index is 5.93. The Hall–Kier alpha value is -1.06. The third kappa shape index (κ3) is 1.34. The summed E-state index contributed by atoms with van der Waals surface area (Å²) >= 11 is 5.93. The molecule has 0 aliphatic carbocycles. The predicted octanol–water partition coefficient (Wildman–Crippen LogP) is 2.35. The van der Waals surface area contributed by atoms with Gasteiger partial charge in [-0.15, -0.1) is 0 Å². The average Bonchev–Trinajstić information content (AvgIpc) is 2.57. The Morgan fingerprint density at radius 1 is 1.53 bits per heavy atom. The quantitative estimate of drug-likeness (QED) is 0.693. The van der Waals surface area contributed by atoms with Crippen LogP contribution in [-0.4, -0.2) is 16.1 Å². The van der Waals surface area contributed by atoms with Gasteiger partial charge in [-0.2, -0.15) is 0 Å². The third-order valence-electron chi connectivity index (χ3n) is 2.92. The van der Waals surface area contributed by atoms with Gasteiger partial charge >= 0.3 is 0 Å². The molecule has 0 bridgehead atoms. The Kier molecular flexibility index (Phi) is 1.97. The minimum atomic E-state index is 0.442. The Labute approximate surface area is 93.1 Å². The number of nitrogens with zero attached hydrogens (tertiary/aromatic N) is 2. The molecule has 1 aliphatic rings. The summed E-state index contributed by atoms with van der Waals surface area (Å²) in [5.74, 6) is 0. The van der Waals surface area contributed by atoms with Gasteiger partial charge in [0.1, 0.15) is 10.8 Å². The van der Waals surface area contributed by atoms with Crippen LogP contribution in [0.4, 0.5) is 0 Å². The van der Waals surface area contributed by atoms with Gasteiger partial charge < -0.3 is 9.88 Å². The number of rotatable bonds is 0. The van der Waals surface area contributed by atoms with E-state index in [1.54, 1.807) is 0 Å². The van der Waals surface area contributed by atoms with Gasteiger partial charge in [0, 0.05) is 30.2 Å². The summed E-state index contributed by atoms with van der Waals surface area (Å²) < 4.78 is 2.28. The fraction of sp³-hybridized carbons (Fsp3) is 0.364. The Morgan fingerprint density at radius 3 is 3.27 bits per heavy atom. The zero-order valence-electron chi connectivity index (χ0n) is 8.50. The van der Waals surface area contributed by atoms with Crippen LogP contribution < -0.4 is 5.32 Å². The summed E-state index contributed by atoms with van der Waals surface area (Å²) in [6, 6.07) is 6.50. The van der Waals surface area contributed by atoms with E-state index in [9.17, 15) is 0 Å². The first-order chi connectivity index (χ1) is 7.25. The zero-order chi connectivity index (χ0) is 10.4. The Bertz CT molecular complexity index is 518. The van der Waals surface area contributed by atoms with Crippen LogP contribution in [0.5, 0.6) is 0 Å². The fourth-order valence-electron chi connectivity index (χ4n) is 2.26. The lowest BCUT2D eigenvalue weighted by Crippen LogP contribution is -2.31. The maximum absolute atomic E-state index is 5.93. The highest BCUT2D eigenvalue weighted by Crippen LogP contribution is 2.26. The minimum absolute atomic E-state index is 0.442. The molecular weight excluding hydrogens is 210 g/mol. The second kappa shape index (κ2) is 3.22. The minimum Gasteiger partial charge on any atom is -0.324 e. The number of halogens is 1. The van der Waals surface area contributed by atoms with E-state index >= 15 is 0 Å². The number of aromatic nitrogens is 2. The van der Waals surface area contributed by atoms with E-state index in [0.29, 0.717) is 11.2 Å². The van der Waals surface area contributed by atoms with Gasteiger partial charge in [-0.3, -0.25) is 0 Å². The second-order valence-electron chi connectivity index (χ2n) is 4.03. The summed E-state index contributed by atoms with van der Waals surface area (Å²) in [6.07, 6.45) is 0. The van der Waals surface area contributed by atoms with E-state index in [1.165, 1.54) is 11.1 Å². The van der Waals surface area contributed by atoms with Crippen LogP contribution in [0.2, 0.25) is 5.15 Å². The summed E-state index contributed by atoms with van der Waals surface area (Å²) in [5, 5.41) is 5.12. The van der Waals surface area contributed by atoms with Gasteiger partial charge in [0.2, 0.25) is 0 Å². The van der Waals surface area contributed by atoms with Crippen LogP contribution in [0.25, 0.3) is 11.0 Å². The van der Waals surface area contributed by atoms with Crippen molar-refractivity contribution in [3.8, 4) is 0 Å². The molecule has 0 unspecified atom stereocenters. The molecule has 1 N–H and O–H groups in total. The second-order valence-corrected chi connectivity index (χ2v) is 4.42. The molecule has 0 saturated carbocycles. The molecule has 0 saturated heterocycles. The molecule has 0 aromatic carbocycles. The number of hydrogen-bond donors (Lipinski definition) is 1. The Morgan fingerprint density at radius 2 is 2.40 bits per heavy atom. The van der Waals surface area contributed by atoms with Crippen molar-refractivity contribution >= 4 is 22.6 Å². The molecule has 2 aromatic rings. The Balaban J connectivity index is 2.33. The predicted molar refractivity (Wildman–Crippen MR) is 61.2 cm³/mol. The number of pyridine rings is 1.